The van der Waals surface area contributed by atoms with E-state index in [1.54, 1.807) is 0 Å². The minimum Gasteiger partial charge on any atom is -0.484 e. The van der Waals surface area contributed by atoms with Gasteiger partial charge in [-0.25, -0.2) is 0 Å². The van der Waals surface area contributed by atoms with Crippen LogP contribution < -0.4 is 4.74 Å². The number of benzene rings is 1. The summed E-state index contributed by atoms with van der Waals surface area (Å²) >= 11 is 0. The van der Waals surface area contributed by atoms with E-state index in [0.717, 1.165) is 5.56 Å². The summed E-state index contributed by atoms with van der Waals surface area (Å²) in [6.45, 7) is 3.20. The molecule has 0 saturated carbocycles. The minimum absolute atomic E-state index is 0.116. The molecule has 3 nitrogen and oxygen atoms in total. The first kappa shape index (κ1) is 9.04. The molecule has 0 atom stereocenters. The Labute approximate surface area is 82.9 Å². The first-order chi connectivity index (χ1) is 6.79. The van der Waals surface area contributed by atoms with Crippen LogP contribution in [0, 0.1) is 18.3 Å². The SMILES string of the molecule is Cc1ccc(OC2COC2)c(C#N)c1. The standard InChI is InChI=1S/C11H11NO2/c1-8-2-3-11(9(4-8)5-12)14-10-6-13-7-10/h2-4,10H,6-7H2,1H3. The van der Waals surface area contributed by atoms with Crippen molar-refractivity contribution in [1.82, 2.24) is 0 Å². The summed E-state index contributed by atoms with van der Waals surface area (Å²) in [6.07, 6.45) is 0.116. The zero-order valence-electron chi connectivity index (χ0n) is 7.99. The molecule has 1 aliphatic heterocycles. The summed E-state index contributed by atoms with van der Waals surface area (Å²) in [6, 6.07) is 7.73. The fourth-order valence-electron chi connectivity index (χ4n) is 1.30. The molecule has 0 radical (unpaired) electrons. The van der Waals surface area contributed by atoms with Gasteiger partial charge in [0.1, 0.15) is 17.9 Å². The molecule has 1 heterocycles. The van der Waals surface area contributed by atoms with Crippen LogP contribution in [-0.4, -0.2) is 19.3 Å². The molecule has 2 rings (SSSR count). The normalized spacial score (nSPS) is 15.7. The molecular weight excluding hydrogens is 178 g/mol. The molecule has 72 valence electrons. The van der Waals surface area contributed by atoms with E-state index < -0.39 is 0 Å². The summed E-state index contributed by atoms with van der Waals surface area (Å²) < 4.78 is 10.6. The largest absolute Gasteiger partial charge is 0.484 e. The lowest BCUT2D eigenvalue weighted by atomic mass is 10.1. The van der Waals surface area contributed by atoms with Gasteiger partial charge in [-0.15, -0.1) is 0 Å². The van der Waals surface area contributed by atoms with Crippen molar-refractivity contribution in [1.29, 1.82) is 5.26 Å². The Morgan fingerprint density at radius 1 is 1.50 bits per heavy atom. The highest BCUT2D eigenvalue weighted by Gasteiger charge is 2.21. The van der Waals surface area contributed by atoms with Crippen LogP contribution in [0.25, 0.3) is 0 Å². The van der Waals surface area contributed by atoms with Gasteiger partial charge < -0.3 is 9.47 Å². The first-order valence-corrected chi connectivity index (χ1v) is 4.55. The van der Waals surface area contributed by atoms with Crippen LogP contribution in [0.2, 0.25) is 0 Å². The van der Waals surface area contributed by atoms with Crippen LogP contribution in [0.4, 0.5) is 0 Å². The zero-order valence-corrected chi connectivity index (χ0v) is 7.99. The zero-order chi connectivity index (χ0) is 9.97. The summed E-state index contributed by atoms with van der Waals surface area (Å²) in [4.78, 5) is 0. The lowest BCUT2D eigenvalue weighted by molar-refractivity contribution is -0.0797. The molecule has 1 fully saturated rings. The van der Waals surface area contributed by atoms with Gasteiger partial charge in [-0.3, -0.25) is 0 Å². The molecule has 0 amide bonds. The monoisotopic (exact) mass is 189 g/mol. The van der Waals surface area contributed by atoms with Crippen LogP contribution in [0.3, 0.4) is 0 Å². The van der Waals surface area contributed by atoms with Gasteiger partial charge in [-0.05, 0) is 24.6 Å². The third-order valence-electron chi connectivity index (χ3n) is 2.16. The molecule has 0 N–H and O–H groups in total. The van der Waals surface area contributed by atoms with E-state index in [4.69, 9.17) is 14.7 Å². The predicted molar refractivity (Wildman–Crippen MR) is 51.1 cm³/mol. The Morgan fingerprint density at radius 2 is 2.29 bits per heavy atom. The van der Waals surface area contributed by atoms with E-state index in [0.29, 0.717) is 24.5 Å². The second kappa shape index (κ2) is 3.69. The molecule has 0 unspecified atom stereocenters. The molecule has 1 saturated heterocycles. The van der Waals surface area contributed by atoms with Crippen LogP contribution in [0.15, 0.2) is 18.2 Å². The van der Waals surface area contributed by atoms with Crippen LogP contribution in [0.1, 0.15) is 11.1 Å². The summed E-state index contributed by atoms with van der Waals surface area (Å²) in [7, 11) is 0. The van der Waals surface area contributed by atoms with Gasteiger partial charge in [0.05, 0.1) is 18.8 Å². The third-order valence-corrected chi connectivity index (χ3v) is 2.16. The molecule has 3 heteroatoms. The fourth-order valence-corrected chi connectivity index (χ4v) is 1.30. The lowest BCUT2D eigenvalue weighted by Crippen LogP contribution is -2.38. The van der Waals surface area contributed by atoms with E-state index in [1.807, 2.05) is 25.1 Å². The second-order valence-electron chi connectivity index (χ2n) is 3.39. The van der Waals surface area contributed by atoms with Crippen molar-refractivity contribution in [3.63, 3.8) is 0 Å². The average molecular weight is 189 g/mol. The van der Waals surface area contributed by atoms with Crippen LogP contribution >= 0.6 is 0 Å². The van der Waals surface area contributed by atoms with Gasteiger partial charge in [-0.1, -0.05) is 6.07 Å². The molecule has 1 aliphatic rings. The molecule has 1 aromatic rings. The molecule has 0 aliphatic carbocycles. The summed E-state index contributed by atoms with van der Waals surface area (Å²) in [5.41, 5.74) is 1.66. The number of aryl methyl sites for hydroxylation is 1. The van der Waals surface area contributed by atoms with E-state index >= 15 is 0 Å². The van der Waals surface area contributed by atoms with Gasteiger partial charge in [0.2, 0.25) is 0 Å². The van der Waals surface area contributed by atoms with E-state index in [1.165, 1.54) is 0 Å². The van der Waals surface area contributed by atoms with Crippen molar-refractivity contribution in [3.05, 3.63) is 29.3 Å². The first-order valence-electron chi connectivity index (χ1n) is 4.55. The van der Waals surface area contributed by atoms with Crippen molar-refractivity contribution in [3.8, 4) is 11.8 Å². The average Bonchev–Trinajstić information content (AvgIpc) is 2.13. The maximum absolute atomic E-state index is 8.89. The minimum atomic E-state index is 0.116. The van der Waals surface area contributed by atoms with Crippen LogP contribution in [-0.2, 0) is 4.74 Å². The number of ether oxygens (including phenoxy) is 2. The second-order valence-corrected chi connectivity index (χ2v) is 3.39. The summed E-state index contributed by atoms with van der Waals surface area (Å²) in [5, 5.41) is 8.89. The van der Waals surface area contributed by atoms with Crippen molar-refractivity contribution < 1.29 is 9.47 Å². The predicted octanol–water partition coefficient (Wildman–Crippen LogP) is 1.64. The van der Waals surface area contributed by atoms with Crippen molar-refractivity contribution in [2.75, 3.05) is 13.2 Å². The maximum Gasteiger partial charge on any atom is 0.145 e. The Kier molecular flexibility index (Phi) is 2.38. The number of hydrogen-bond donors (Lipinski definition) is 0. The molecular formula is C11H11NO2. The Hall–Kier alpha value is -1.53. The Morgan fingerprint density at radius 3 is 2.86 bits per heavy atom. The van der Waals surface area contributed by atoms with E-state index in [9.17, 15) is 0 Å². The van der Waals surface area contributed by atoms with Crippen LogP contribution in [0.5, 0.6) is 5.75 Å². The maximum atomic E-state index is 8.89. The number of hydrogen-bond acceptors (Lipinski definition) is 3. The quantitative estimate of drug-likeness (QED) is 0.710. The highest BCUT2D eigenvalue weighted by molar-refractivity contribution is 5.45. The Balaban J connectivity index is 2.19. The van der Waals surface area contributed by atoms with Gasteiger partial charge >= 0.3 is 0 Å². The molecule has 14 heavy (non-hydrogen) atoms. The smallest absolute Gasteiger partial charge is 0.145 e. The van der Waals surface area contributed by atoms with E-state index in [2.05, 4.69) is 6.07 Å². The Bertz CT molecular complexity index is 377. The van der Waals surface area contributed by atoms with E-state index in [-0.39, 0.29) is 6.10 Å². The molecule has 0 aromatic heterocycles. The van der Waals surface area contributed by atoms with Gasteiger partial charge in [-0.2, -0.15) is 5.26 Å². The number of nitriles is 1. The van der Waals surface area contributed by atoms with Crippen molar-refractivity contribution in [2.45, 2.75) is 13.0 Å². The third kappa shape index (κ3) is 1.70. The van der Waals surface area contributed by atoms with Crippen molar-refractivity contribution >= 4 is 0 Å². The topological polar surface area (TPSA) is 42.2 Å². The highest BCUT2D eigenvalue weighted by Crippen LogP contribution is 2.22. The molecule has 0 spiro atoms. The van der Waals surface area contributed by atoms with Gasteiger partial charge in [0.25, 0.3) is 0 Å². The number of nitrogens with zero attached hydrogens (tertiary/aromatic N) is 1. The summed E-state index contributed by atoms with van der Waals surface area (Å²) in [5.74, 6) is 0.659. The van der Waals surface area contributed by atoms with Crippen molar-refractivity contribution in [2.24, 2.45) is 0 Å². The lowest BCUT2D eigenvalue weighted by Gasteiger charge is -2.27. The molecule has 1 aromatic carbocycles. The fraction of sp³-hybridized carbons (Fsp3) is 0.364. The van der Waals surface area contributed by atoms with Gasteiger partial charge in [0, 0.05) is 0 Å². The molecule has 0 bridgehead atoms. The highest BCUT2D eigenvalue weighted by atomic mass is 16.6. The van der Waals surface area contributed by atoms with Gasteiger partial charge in [0.15, 0.2) is 0 Å². The number of rotatable bonds is 2.